The molecule has 4 heteroatoms. The van der Waals surface area contributed by atoms with Crippen molar-refractivity contribution in [3.63, 3.8) is 0 Å². The fourth-order valence-corrected chi connectivity index (χ4v) is 2.05. The van der Waals surface area contributed by atoms with Gasteiger partial charge in [-0.05, 0) is 13.0 Å². The summed E-state index contributed by atoms with van der Waals surface area (Å²) in [6.45, 7) is 5.72. The van der Waals surface area contributed by atoms with Crippen molar-refractivity contribution in [3.05, 3.63) is 51.6 Å². The first-order valence-corrected chi connectivity index (χ1v) is 5.42. The number of nitrogens with zero attached hydrogens (tertiary/aromatic N) is 1. The Balaban J connectivity index is 2.82. The predicted molar refractivity (Wildman–Crippen MR) is 64.5 cm³/mol. The lowest BCUT2D eigenvalue weighted by molar-refractivity contribution is -0.610. The number of hydrogen-bond donors (Lipinski definition) is 2. The van der Waals surface area contributed by atoms with E-state index in [1.807, 2.05) is 43.5 Å². The molecule has 0 aromatic carbocycles. The topological polar surface area (TPSA) is 57.0 Å². The van der Waals surface area contributed by atoms with E-state index < -0.39 is 0 Å². The number of aryl methyl sites for hydroxylation is 3. The van der Waals surface area contributed by atoms with Crippen molar-refractivity contribution in [2.75, 3.05) is 0 Å². The van der Waals surface area contributed by atoms with Crippen LogP contribution in [0.5, 0.6) is 5.88 Å². The fourth-order valence-electron chi connectivity index (χ4n) is 2.05. The Bertz CT molecular complexity index is 583. The van der Waals surface area contributed by atoms with Crippen LogP contribution in [0.4, 0.5) is 0 Å². The number of aromatic amines is 1. The molecule has 2 N–H and O–H groups in total. The number of hydrogen-bond acceptors (Lipinski definition) is 2. The SMILES string of the molecule is Cc1cc(=O)[nH]c(O)c1-[n+]1c(C)cccc1C. The van der Waals surface area contributed by atoms with Gasteiger partial charge in [-0.2, -0.15) is 4.57 Å². The molecule has 2 rings (SSSR count). The van der Waals surface area contributed by atoms with E-state index in [4.69, 9.17) is 0 Å². The molecule has 0 saturated heterocycles. The lowest BCUT2D eigenvalue weighted by Crippen LogP contribution is -2.39. The Morgan fingerprint density at radius 1 is 1.18 bits per heavy atom. The molecule has 0 aliphatic carbocycles. The summed E-state index contributed by atoms with van der Waals surface area (Å²) in [6, 6.07) is 7.35. The quantitative estimate of drug-likeness (QED) is 0.726. The minimum Gasteiger partial charge on any atom is -0.490 e. The molecule has 17 heavy (non-hydrogen) atoms. The van der Waals surface area contributed by atoms with Crippen LogP contribution in [0.1, 0.15) is 17.0 Å². The lowest BCUT2D eigenvalue weighted by Gasteiger charge is -2.06. The molecule has 0 amide bonds. The van der Waals surface area contributed by atoms with Gasteiger partial charge in [-0.15, -0.1) is 0 Å². The first-order valence-electron chi connectivity index (χ1n) is 5.42. The van der Waals surface area contributed by atoms with Gasteiger partial charge in [-0.3, -0.25) is 9.78 Å². The second-order valence-corrected chi connectivity index (χ2v) is 4.16. The molecule has 0 unspecified atom stereocenters. The van der Waals surface area contributed by atoms with Crippen LogP contribution in [-0.4, -0.2) is 10.1 Å². The number of rotatable bonds is 1. The molecule has 88 valence electrons. The summed E-state index contributed by atoms with van der Waals surface area (Å²) in [5, 5.41) is 9.90. The normalized spacial score (nSPS) is 10.5. The molecule has 2 heterocycles. The third-order valence-corrected chi connectivity index (χ3v) is 2.79. The number of aromatic hydroxyl groups is 1. The second-order valence-electron chi connectivity index (χ2n) is 4.16. The second kappa shape index (κ2) is 4.05. The van der Waals surface area contributed by atoms with Gasteiger partial charge in [-0.1, -0.05) is 0 Å². The van der Waals surface area contributed by atoms with Crippen molar-refractivity contribution in [3.8, 4) is 11.6 Å². The fraction of sp³-hybridized carbons (Fsp3) is 0.231. The number of aromatic nitrogens is 2. The van der Waals surface area contributed by atoms with Gasteiger partial charge in [0.25, 0.3) is 17.1 Å². The molecule has 0 saturated carbocycles. The Morgan fingerprint density at radius 3 is 2.29 bits per heavy atom. The summed E-state index contributed by atoms with van der Waals surface area (Å²) in [5.74, 6) is -0.0996. The van der Waals surface area contributed by atoms with E-state index in [9.17, 15) is 9.90 Å². The standard InChI is InChI=1S/C13H14N2O2/c1-8-7-11(16)14-13(17)12(8)15-9(2)5-4-6-10(15)3/h4-7H,1-3H3,(H-,14,16,17)/p+1. The molecule has 0 bridgehead atoms. The molecule has 2 aromatic rings. The molecule has 0 aliphatic heterocycles. The van der Waals surface area contributed by atoms with Crippen LogP contribution < -0.4 is 10.1 Å². The van der Waals surface area contributed by atoms with E-state index in [1.165, 1.54) is 6.07 Å². The smallest absolute Gasteiger partial charge is 0.274 e. The molecule has 0 fully saturated rings. The summed E-state index contributed by atoms with van der Waals surface area (Å²) in [4.78, 5) is 13.7. The third-order valence-electron chi connectivity index (χ3n) is 2.79. The van der Waals surface area contributed by atoms with Crippen molar-refractivity contribution >= 4 is 0 Å². The number of H-pyrrole nitrogens is 1. The molecule has 0 spiro atoms. The average molecular weight is 231 g/mol. The maximum atomic E-state index is 11.2. The van der Waals surface area contributed by atoms with Gasteiger partial charge in [0.2, 0.25) is 0 Å². The van der Waals surface area contributed by atoms with Crippen molar-refractivity contribution in [1.29, 1.82) is 0 Å². The predicted octanol–water partition coefficient (Wildman–Crippen LogP) is 1.28. The zero-order valence-corrected chi connectivity index (χ0v) is 10.1. The molecule has 4 nitrogen and oxygen atoms in total. The van der Waals surface area contributed by atoms with Crippen molar-refractivity contribution < 1.29 is 9.67 Å². The zero-order valence-electron chi connectivity index (χ0n) is 10.1. The summed E-state index contributed by atoms with van der Waals surface area (Å²) >= 11 is 0. The Hall–Kier alpha value is -2.10. The maximum Gasteiger partial charge on any atom is 0.274 e. The molecular formula is C13H15N2O2+. The highest BCUT2D eigenvalue weighted by Crippen LogP contribution is 2.16. The zero-order chi connectivity index (χ0) is 12.6. The van der Waals surface area contributed by atoms with Crippen LogP contribution in [-0.2, 0) is 0 Å². The molecule has 0 radical (unpaired) electrons. The van der Waals surface area contributed by atoms with Crippen molar-refractivity contribution in [2.24, 2.45) is 0 Å². The van der Waals surface area contributed by atoms with Gasteiger partial charge in [0, 0.05) is 37.6 Å². The maximum absolute atomic E-state index is 11.2. The van der Waals surface area contributed by atoms with E-state index in [0.29, 0.717) is 5.69 Å². The van der Waals surface area contributed by atoms with Crippen molar-refractivity contribution in [2.45, 2.75) is 20.8 Å². The Morgan fingerprint density at radius 2 is 1.76 bits per heavy atom. The monoisotopic (exact) mass is 231 g/mol. The van der Waals surface area contributed by atoms with Gasteiger partial charge in [0.15, 0.2) is 11.4 Å². The lowest BCUT2D eigenvalue weighted by atomic mass is 10.2. The Labute approximate surface area is 99.2 Å². The first-order chi connectivity index (χ1) is 8.00. The molecule has 0 aliphatic rings. The van der Waals surface area contributed by atoms with Crippen LogP contribution in [0.25, 0.3) is 5.69 Å². The highest BCUT2D eigenvalue weighted by Gasteiger charge is 2.21. The van der Waals surface area contributed by atoms with Crippen LogP contribution in [0.2, 0.25) is 0 Å². The highest BCUT2D eigenvalue weighted by molar-refractivity contribution is 5.40. The minimum atomic E-state index is -0.296. The average Bonchev–Trinajstić information content (AvgIpc) is 2.21. The van der Waals surface area contributed by atoms with E-state index in [0.717, 1.165) is 17.0 Å². The summed E-state index contributed by atoms with van der Waals surface area (Å²) in [7, 11) is 0. The summed E-state index contributed by atoms with van der Waals surface area (Å²) < 4.78 is 1.92. The van der Waals surface area contributed by atoms with Crippen molar-refractivity contribution in [1.82, 2.24) is 4.98 Å². The van der Waals surface area contributed by atoms with E-state index in [2.05, 4.69) is 4.98 Å². The number of pyridine rings is 2. The van der Waals surface area contributed by atoms with E-state index in [1.54, 1.807) is 0 Å². The van der Waals surface area contributed by atoms with Crippen LogP contribution in [0, 0.1) is 20.8 Å². The minimum absolute atomic E-state index is 0.0996. The largest absolute Gasteiger partial charge is 0.490 e. The summed E-state index contributed by atoms with van der Waals surface area (Å²) in [6.07, 6.45) is 0. The summed E-state index contributed by atoms with van der Waals surface area (Å²) in [5.41, 5.74) is 3.07. The molecule has 0 atom stereocenters. The molecule has 2 aromatic heterocycles. The highest BCUT2D eigenvalue weighted by atomic mass is 16.3. The molecular weight excluding hydrogens is 216 g/mol. The van der Waals surface area contributed by atoms with Crippen LogP contribution >= 0.6 is 0 Å². The number of nitrogens with one attached hydrogen (secondary N) is 1. The van der Waals surface area contributed by atoms with Crippen LogP contribution in [0.3, 0.4) is 0 Å². The van der Waals surface area contributed by atoms with Gasteiger partial charge in [0.1, 0.15) is 0 Å². The third kappa shape index (κ3) is 1.93. The van der Waals surface area contributed by atoms with E-state index in [-0.39, 0.29) is 11.4 Å². The Kier molecular flexibility index (Phi) is 2.71. The van der Waals surface area contributed by atoms with Gasteiger partial charge < -0.3 is 5.11 Å². The van der Waals surface area contributed by atoms with Gasteiger partial charge in [0.05, 0.1) is 0 Å². The van der Waals surface area contributed by atoms with Gasteiger partial charge >= 0.3 is 0 Å². The first kappa shape index (κ1) is 11.4. The van der Waals surface area contributed by atoms with Gasteiger partial charge in [-0.25, -0.2) is 0 Å². The van der Waals surface area contributed by atoms with Crippen LogP contribution in [0.15, 0.2) is 29.1 Å². The van der Waals surface area contributed by atoms with E-state index >= 15 is 0 Å².